The van der Waals surface area contributed by atoms with E-state index < -0.39 is 37.6 Å². The molecule has 182 valence electrons. The molecule has 1 amide bonds. The molecular weight excluding hydrogens is 497 g/mol. The van der Waals surface area contributed by atoms with Crippen molar-refractivity contribution in [3.63, 3.8) is 0 Å². The third-order valence-electron chi connectivity index (χ3n) is 5.14. The number of amides is 1. The van der Waals surface area contributed by atoms with Crippen LogP contribution < -0.4 is 5.32 Å². The number of carbonyl (C=O) groups is 2. The highest BCUT2D eigenvalue weighted by Crippen LogP contribution is 2.45. The van der Waals surface area contributed by atoms with E-state index in [1.165, 1.54) is 22.7 Å². The summed E-state index contributed by atoms with van der Waals surface area (Å²) in [7, 11) is -4.82. The van der Waals surface area contributed by atoms with E-state index in [2.05, 4.69) is 10.3 Å². The van der Waals surface area contributed by atoms with E-state index >= 15 is 0 Å². The van der Waals surface area contributed by atoms with Gasteiger partial charge in [-0.1, -0.05) is 44.2 Å². The summed E-state index contributed by atoms with van der Waals surface area (Å²) in [5, 5.41) is 16.7. The maximum Gasteiger partial charge on any atom is 0.404 e. The Kier molecular flexibility index (Phi) is 8.75. The van der Waals surface area contributed by atoms with Crippen molar-refractivity contribution in [3.8, 4) is 10.6 Å². The zero-order valence-electron chi connectivity index (χ0n) is 18.6. The summed E-state index contributed by atoms with van der Waals surface area (Å²) < 4.78 is 13.1. The van der Waals surface area contributed by atoms with Gasteiger partial charge in [0.2, 0.25) is 5.91 Å². The Morgan fingerprint density at radius 3 is 2.32 bits per heavy atom. The summed E-state index contributed by atoms with van der Waals surface area (Å²) in [4.78, 5) is 49.9. The molecule has 0 fully saturated rings. The predicted octanol–water partition coefficient (Wildman–Crippen LogP) is 3.60. The fraction of sp³-hybridized carbons (Fsp3) is 0.318. The van der Waals surface area contributed by atoms with Crippen molar-refractivity contribution in [2.75, 3.05) is 0 Å². The molecule has 0 radical (unpaired) electrons. The zero-order chi connectivity index (χ0) is 24.9. The number of hydrogen-bond donors (Lipinski definition) is 4. The minimum absolute atomic E-state index is 0.0187. The molecule has 2 atom stereocenters. The molecule has 0 spiro atoms. The number of nitrogens with zero attached hydrogens (tertiary/aromatic N) is 2. The highest BCUT2D eigenvalue weighted by molar-refractivity contribution is 7.49. The number of carbonyl (C=O) groups excluding carboxylic acids is 1. The zero-order valence-corrected chi connectivity index (χ0v) is 21.1. The van der Waals surface area contributed by atoms with E-state index in [1.807, 2.05) is 17.5 Å². The molecule has 2 heterocycles. The van der Waals surface area contributed by atoms with Gasteiger partial charge in [-0.25, -0.2) is 14.3 Å². The lowest BCUT2D eigenvalue weighted by Crippen LogP contribution is -2.53. The van der Waals surface area contributed by atoms with Crippen LogP contribution in [0.4, 0.5) is 0 Å². The summed E-state index contributed by atoms with van der Waals surface area (Å²) in [5.41, 5.74) is 1.60. The lowest BCUT2D eigenvalue weighted by molar-refractivity contribution is -0.142. The highest BCUT2D eigenvalue weighted by atomic mass is 32.1. The van der Waals surface area contributed by atoms with Crippen LogP contribution in [-0.4, -0.2) is 48.5 Å². The van der Waals surface area contributed by atoms with Crippen molar-refractivity contribution in [2.45, 2.75) is 38.9 Å². The first-order valence-corrected chi connectivity index (χ1v) is 13.8. The smallest absolute Gasteiger partial charge is 0.404 e. The van der Waals surface area contributed by atoms with Gasteiger partial charge in [0, 0.05) is 35.0 Å². The number of nitrogens with one attached hydrogen (secondary N) is 1. The molecule has 2 aromatic heterocycles. The molecule has 0 bridgehead atoms. The number of aliphatic carboxylic acids is 1. The van der Waals surface area contributed by atoms with Crippen molar-refractivity contribution >= 4 is 42.3 Å². The van der Waals surface area contributed by atoms with Gasteiger partial charge in [0.05, 0.1) is 0 Å². The van der Waals surface area contributed by atoms with Gasteiger partial charge >= 0.3 is 13.7 Å². The molecule has 4 N–H and O–H groups in total. The molecule has 3 rings (SSSR count). The third kappa shape index (κ3) is 6.82. The molecule has 0 aliphatic heterocycles. The quantitative estimate of drug-likeness (QED) is 0.280. The Morgan fingerprint density at radius 1 is 1.12 bits per heavy atom. The number of carboxylic acid groups (broad SMARTS) is 1. The summed E-state index contributed by atoms with van der Waals surface area (Å²) in [6.45, 7) is 3.19. The van der Waals surface area contributed by atoms with Crippen molar-refractivity contribution in [1.29, 1.82) is 0 Å². The van der Waals surface area contributed by atoms with Crippen LogP contribution >= 0.6 is 30.4 Å². The van der Waals surface area contributed by atoms with Crippen LogP contribution in [-0.2, 0) is 27.1 Å². The predicted molar refractivity (Wildman–Crippen MR) is 131 cm³/mol. The first kappa shape index (κ1) is 26.2. The van der Waals surface area contributed by atoms with Gasteiger partial charge in [0.1, 0.15) is 17.1 Å². The average molecular weight is 524 g/mol. The largest absolute Gasteiger partial charge is 0.480 e. The summed E-state index contributed by atoms with van der Waals surface area (Å²) in [5.74, 6) is -2.47. The molecule has 1 aromatic carbocycles. The number of rotatable bonds is 11. The topological polar surface area (TPSA) is 140 Å². The molecule has 0 saturated carbocycles. The molecule has 12 heteroatoms. The van der Waals surface area contributed by atoms with Gasteiger partial charge in [0.15, 0.2) is 0 Å². The SMILES string of the molecule is CC(C)C(C(=O)NC(Cc1ccc(-c2nccs2)cc1)C(=O)O)N(Cc1cccs1)P(=O)(O)O. The molecule has 3 aromatic rings. The minimum Gasteiger partial charge on any atom is -0.480 e. The monoisotopic (exact) mass is 523 g/mol. The fourth-order valence-electron chi connectivity index (χ4n) is 3.54. The van der Waals surface area contributed by atoms with Crippen LogP contribution in [0.15, 0.2) is 53.4 Å². The number of hydrogen-bond acceptors (Lipinski definition) is 6. The summed E-state index contributed by atoms with van der Waals surface area (Å²) >= 11 is 2.80. The number of thiophene rings is 1. The van der Waals surface area contributed by atoms with Crippen molar-refractivity contribution < 1.29 is 29.0 Å². The molecular formula is C22H26N3O6PS2. The third-order valence-corrected chi connectivity index (χ3v) is 7.88. The first-order valence-electron chi connectivity index (χ1n) is 10.4. The van der Waals surface area contributed by atoms with Gasteiger partial charge in [-0.3, -0.25) is 4.79 Å². The van der Waals surface area contributed by atoms with E-state index in [0.29, 0.717) is 10.4 Å². The molecule has 2 unspecified atom stereocenters. The van der Waals surface area contributed by atoms with Gasteiger partial charge in [-0.05, 0) is 22.9 Å². The van der Waals surface area contributed by atoms with Crippen LogP contribution in [0.3, 0.4) is 0 Å². The van der Waals surface area contributed by atoms with Gasteiger partial charge in [-0.2, -0.15) is 4.67 Å². The Morgan fingerprint density at radius 2 is 1.82 bits per heavy atom. The lowest BCUT2D eigenvalue weighted by Gasteiger charge is -2.33. The minimum atomic E-state index is -4.82. The standard InChI is InChI=1S/C22H26N3O6PS2/c1-14(2)19(25(32(29,30)31)13-17-4-3-10-33-17)20(26)24-18(22(27)28)12-15-5-7-16(8-6-15)21-23-9-11-34-21/h3-11,14,18-19H,12-13H2,1-2H3,(H,24,26)(H,27,28)(H2,29,30,31). The Labute approximate surface area is 205 Å². The number of thiazole rings is 1. The number of aromatic nitrogens is 1. The molecule has 0 aliphatic carbocycles. The maximum atomic E-state index is 13.2. The summed E-state index contributed by atoms with van der Waals surface area (Å²) in [6.07, 6.45) is 1.72. The van der Waals surface area contributed by atoms with E-state index in [0.717, 1.165) is 15.2 Å². The fourth-order valence-corrected chi connectivity index (χ4v) is 6.01. The molecule has 9 nitrogen and oxygen atoms in total. The Balaban J connectivity index is 1.77. The lowest BCUT2D eigenvalue weighted by atomic mass is 10.0. The van der Waals surface area contributed by atoms with E-state index in [9.17, 15) is 29.0 Å². The van der Waals surface area contributed by atoms with E-state index in [4.69, 9.17) is 0 Å². The van der Waals surface area contributed by atoms with E-state index in [1.54, 1.807) is 49.7 Å². The van der Waals surface area contributed by atoms with Crippen LogP contribution in [0, 0.1) is 5.92 Å². The van der Waals surface area contributed by atoms with Crippen LogP contribution in [0.2, 0.25) is 0 Å². The van der Waals surface area contributed by atoms with Crippen molar-refractivity contribution in [3.05, 3.63) is 63.8 Å². The van der Waals surface area contributed by atoms with Crippen molar-refractivity contribution in [1.82, 2.24) is 15.0 Å². The maximum absolute atomic E-state index is 13.2. The van der Waals surface area contributed by atoms with Crippen LogP contribution in [0.25, 0.3) is 10.6 Å². The molecule has 34 heavy (non-hydrogen) atoms. The second kappa shape index (κ2) is 11.4. The van der Waals surface area contributed by atoms with Crippen molar-refractivity contribution in [2.24, 2.45) is 5.92 Å². The van der Waals surface area contributed by atoms with Gasteiger partial charge in [-0.15, -0.1) is 22.7 Å². The van der Waals surface area contributed by atoms with E-state index in [-0.39, 0.29) is 13.0 Å². The average Bonchev–Trinajstić information content (AvgIpc) is 3.47. The summed E-state index contributed by atoms with van der Waals surface area (Å²) in [6, 6.07) is 8.21. The van der Waals surface area contributed by atoms with Crippen LogP contribution in [0.5, 0.6) is 0 Å². The molecule has 0 aliphatic rings. The normalized spacial score (nSPS) is 13.7. The van der Waals surface area contributed by atoms with Gasteiger partial charge in [0.25, 0.3) is 0 Å². The Bertz CT molecular complexity index is 1130. The molecule has 0 saturated heterocycles. The second-order valence-corrected chi connectivity index (χ2v) is 11.5. The first-order chi connectivity index (χ1) is 16.1. The van der Waals surface area contributed by atoms with Crippen LogP contribution in [0.1, 0.15) is 24.3 Å². The van der Waals surface area contributed by atoms with Gasteiger partial charge < -0.3 is 20.2 Å². The number of carboxylic acids is 1. The Hall–Kier alpha value is -2.40. The number of benzene rings is 1. The second-order valence-electron chi connectivity index (χ2n) is 8.02. The highest BCUT2D eigenvalue weighted by Gasteiger charge is 2.40.